The minimum absolute atomic E-state index is 0.509. The first kappa shape index (κ1) is 35.2. The monoisotopic (exact) mass is 806 g/mol. The zero-order valence-corrected chi connectivity index (χ0v) is 34.6. The number of anilines is 3. The van der Waals surface area contributed by atoms with Crippen molar-refractivity contribution in [2.45, 2.75) is 15.2 Å². The van der Waals surface area contributed by atoms with Crippen molar-refractivity contribution in [1.29, 1.82) is 0 Å². The number of para-hydroxylation sites is 3. The molecule has 290 valence electrons. The van der Waals surface area contributed by atoms with Crippen molar-refractivity contribution >= 4 is 61.4 Å². The van der Waals surface area contributed by atoms with Gasteiger partial charge in [-0.15, -0.1) is 0 Å². The second-order valence-electron chi connectivity index (χ2n) is 16.4. The number of nitrogens with zero attached hydrogens (tertiary/aromatic N) is 2. The first-order chi connectivity index (χ1) is 30.8. The van der Waals surface area contributed by atoms with Crippen molar-refractivity contribution < 1.29 is 0 Å². The molecule has 0 N–H and O–H groups in total. The highest BCUT2D eigenvalue weighted by atomic mass is 32.2. The van der Waals surface area contributed by atoms with Gasteiger partial charge < -0.3 is 9.47 Å². The van der Waals surface area contributed by atoms with Crippen molar-refractivity contribution in [3.05, 3.63) is 253 Å². The van der Waals surface area contributed by atoms with Gasteiger partial charge in [0.25, 0.3) is 0 Å². The average molecular weight is 807 g/mol. The van der Waals surface area contributed by atoms with E-state index >= 15 is 0 Å². The largest absolute Gasteiger partial charge is 0.310 e. The molecular formula is C59H38N2S. The van der Waals surface area contributed by atoms with Crippen molar-refractivity contribution in [1.82, 2.24) is 4.57 Å². The number of fused-ring (bicyclic) bond motifs is 11. The Labute approximate surface area is 365 Å². The smallest absolute Gasteiger partial charge is 0.0735 e. The molecule has 1 aromatic heterocycles. The summed E-state index contributed by atoms with van der Waals surface area (Å²) in [6.07, 6.45) is 0. The molecule has 0 saturated heterocycles. The molecule has 0 amide bonds. The van der Waals surface area contributed by atoms with Crippen LogP contribution in [-0.4, -0.2) is 4.57 Å². The van der Waals surface area contributed by atoms with Gasteiger partial charge >= 0.3 is 0 Å². The lowest BCUT2D eigenvalue weighted by Crippen LogP contribution is -2.36. The van der Waals surface area contributed by atoms with E-state index in [9.17, 15) is 0 Å². The first-order valence-corrected chi connectivity index (χ1v) is 22.2. The van der Waals surface area contributed by atoms with Gasteiger partial charge in [0.15, 0.2) is 0 Å². The Morgan fingerprint density at radius 1 is 0.387 bits per heavy atom. The molecule has 0 saturated carbocycles. The van der Waals surface area contributed by atoms with Crippen LogP contribution in [-0.2, 0) is 5.41 Å². The van der Waals surface area contributed by atoms with Crippen molar-refractivity contribution in [3.8, 4) is 27.9 Å². The Balaban J connectivity index is 1.09. The minimum atomic E-state index is -0.509. The molecular weight excluding hydrogens is 769 g/mol. The van der Waals surface area contributed by atoms with Gasteiger partial charge in [0.05, 0.1) is 22.1 Å². The SMILES string of the molecule is c1ccc(-c2ccccc2N(c2ccc3c(c2)Sc2ccccc2C32c3ccccc3-c3cccc4cccc2c34)c2ccc3c(c2)c2ccccc2n3-c2ccccc2)cc1. The van der Waals surface area contributed by atoms with E-state index in [0.29, 0.717) is 0 Å². The van der Waals surface area contributed by atoms with Crippen LogP contribution in [0.1, 0.15) is 22.3 Å². The van der Waals surface area contributed by atoms with E-state index in [2.05, 4.69) is 240 Å². The lowest BCUT2D eigenvalue weighted by atomic mass is 9.59. The van der Waals surface area contributed by atoms with Gasteiger partial charge in [-0.1, -0.05) is 182 Å². The predicted octanol–water partition coefficient (Wildman–Crippen LogP) is 15.9. The van der Waals surface area contributed by atoms with Crippen LogP contribution >= 0.6 is 11.8 Å². The second kappa shape index (κ2) is 13.7. The second-order valence-corrected chi connectivity index (χ2v) is 17.5. The molecule has 1 aliphatic heterocycles. The molecule has 62 heavy (non-hydrogen) atoms. The topological polar surface area (TPSA) is 8.17 Å². The van der Waals surface area contributed by atoms with Gasteiger partial charge in [0.1, 0.15) is 0 Å². The fourth-order valence-corrected chi connectivity index (χ4v) is 12.0. The Kier molecular flexibility index (Phi) is 7.79. The number of hydrogen-bond acceptors (Lipinski definition) is 2. The van der Waals surface area contributed by atoms with Crippen LogP contribution in [0.25, 0.3) is 60.5 Å². The molecule has 11 aromatic rings. The fraction of sp³-hybridized carbons (Fsp3) is 0.0169. The lowest BCUT2D eigenvalue weighted by Gasteiger charge is -2.46. The van der Waals surface area contributed by atoms with Crippen LogP contribution in [0.3, 0.4) is 0 Å². The molecule has 0 bridgehead atoms. The highest BCUT2D eigenvalue weighted by Gasteiger charge is 2.48. The minimum Gasteiger partial charge on any atom is -0.310 e. The van der Waals surface area contributed by atoms with E-state index < -0.39 is 5.41 Å². The van der Waals surface area contributed by atoms with Gasteiger partial charge in [-0.25, -0.2) is 0 Å². The maximum Gasteiger partial charge on any atom is 0.0735 e. The molecule has 2 nitrogen and oxygen atoms in total. The molecule has 2 heterocycles. The average Bonchev–Trinajstić information content (AvgIpc) is 3.67. The van der Waals surface area contributed by atoms with Crippen LogP contribution in [0.4, 0.5) is 17.1 Å². The zero-order chi connectivity index (χ0) is 40.8. The van der Waals surface area contributed by atoms with Crippen LogP contribution in [0.5, 0.6) is 0 Å². The van der Waals surface area contributed by atoms with E-state index in [4.69, 9.17) is 0 Å². The maximum atomic E-state index is 2.48. The van der Waals surface area contributed by atoms with Crippen LogP contribution in [0.2, 0.25) is 0 Å². The summed E-state index contributed by atoms with van der Waals surface area (Å²) >= 11 is 1.89. The molecule has 1 spiro atoms. The summed E-state index contributed by atoms with van der Waals surface area (Å²) in [7, 11) is 0. The standard InChI is InChI=1S/C59H38N2S/c1-3-17-39(18-4-1)44-23-8-12-30-53(44)60(42-34-36-55-48(37-42)46-25-9-13-31-54(46)61(55)41-21-5-2-6-22-41)43-33-35-51-57(38-43)62-56-32-14-11-28-50(56)59(51)49-27-10-7-24-45(49)47-26-15-19-40-20-16-29-52(59)58(40)47/h1-38H. The summed E-state index contributed by atoms with van der Waals surface area (Å²) in [5, 5.41) is 5.06. The highest BCUT2D eigenvalue weighted by molar-refractivity contribution is 7.99. The molecule has 1 atom stereocenters. The predicted molar refractivity (Wildman–Crippen MR) is 260 cm³/mol. The van der Waals surface area contributed by atoms with Crippen LogP contribution < -0.4 is 4.90 Å². The van der Waals surface area contributed by atoms with E-state index in [-0.39, 0.29) is 0 Å². The van der Waals surface area contributed by atoms with E-state index in [1.54, 1.807) is 0 Å². The number of hydrogen-bond donors (Lipinski definition) is 0. The fourth-order valence-electron chi connectivity index (χ4n) is 10.7. The summed E-state index contributed by atoms with van der Waals surface area (Å²) in [6.45, 7) is 0. The van der Waals surface area contributed by atoms with Crippen molar-refractivity contribution in [3.63, 3.8) is 0 Å². The summed E-state index contributed by atoms with van der Waals surface area (Å²) in [4.78, 5) is 5.03. The molecule has 3 heteroatoms. The van der Waals surface area contributed by atoms with Gasteiger partial charge in [0, 0.05) is 43.2 Å². The normalized spacial score (nSPS) is 14.8. The first-order valence-electron chi connectivity index (χ1n) is 21.3. The number of benzene rings is 10. The summed E-state index contributed by atoms with van der Waals surface area (Å²) in [6, 6.07) is 85.4. The molecule has 1 unspecified atom stereocenters. The Bertz CT molecular complexity index is 3560. The maximum absolute atomic E-state index is 2.48. The summed E-state index contributed by atoms with van der Waals surface area (Å²) < 4.78 is 2.39. The van der Waals surface area contributed by atoms with E-state index in [0.717, 1.165) is 22.7 Å². The van der Waals surface area contributed by atoms with Crippen molar-refractivity contribution in [2.24, 2.45) is 0 Å². The lowest BCUT2D eigenvalue weighted by molar-refractivity contribution is 0.707. The van der Waals surface area contributed by atoms with Crippen LogP contribution in [0.15, 0.2) is 240 Å². The molecule has 10 aromatic carbocycles. The third-order valence-electron chi connectivity index (χ3n) is 13.2. The number of rotatable bonds is 5. The molecule has 13 rings (SSSR count). The Hall–Kier alpha value is -7.59. The Morgan fingerprint density at radius 3 is 1.87 bits per heavy atom. The molecule has 2 aliphatic rings. The van der Waals surface area contributed by atoms with Gasteiger partial charge in [0.2, 0.25) is 0 Å². The number of aromatic nitrogens is 1. The highest BCUT2D eigenvalue weighted by Crippen LogP contribution is 2.62. The summed E-state index contributed by atoms with van der Waals surface area (Å²) in [5.41, 5.74) is 16.7. The summed E-state index contributed by atoms with van der Waals surface area (Å²) in [5.74, 6) is 0. The van der Waals surface area contributed by atoms with E-state index in [1.807, 2.05) is 11.8 Å². The Morgan fingerprint density at radius 2 is 1.00 bits per heavy atom. The molecule has 0 radical (unpaired) electrons. The quantitative estimate of drug-likeness (QED) is 0.171. The zero-order valence-electron chi connectivity index (χ0n) is 33.7. The van der Waals surface area contributed by atoms with Crippen molar-refractivity contribution in [2.75, 3.05) is 4.90 Å². The molecule has 1 aliphatic carbocycles. The molecule has 0 fully saturated rings. The van der Waals surface area contributed by atoms with E-state index in [1.165, 1.54) is 86.9 Å². The third kappa shape index (κ3) is 5.00. The van der Waals surface area contributed by atoms with Gasteiger partial charge in [-0.2, -0.15) is 0 Å². The van der Waals surface area contributed by atoms with Gasteiger partial charge in [-0.05, 0) is 110 Å². The van der Waals surface area contributed by atoms with Crippen LogP contribution in [0, 0.1) is 0 Å². The van der Waals surface area contributed by atoms with Gasteiger partial charge in [-0.3, -0.25) is 0 Å². The third-order valence-corrected chi connectivity index (χ3v) is 14.4.